The second kappa shape index (κ2) is 6.23. The Hall–Kier alpha value is -0.610. The van der Waals surface area contributed by atoms with Crippen molar-refractivity contribution in [2.24, 2.45) is 5.92 Å². The predicted molar refractivity (Wildman–Crippen MR) is 76.0 cm³/mol. The first kappa shape index (κ1) is 13.4. The first-order chi connectivity index (χ1) is 9.33. The lowest BCUT2D eigenvalue weighted by molar-refractivity contribution is -0.134. The molecule has 0 spiro atoms. The maximum absolute atomic E-state index is 12.3. The Bertz CT molecular complexity index is 315. The molecule has 19 heavy (non-hydrogen) atoms. The fraction of sp³-hybridized carbons (Fsp3) is 0.933. The zero-order chi connectivity index (χ0) is 13.1. The molecule has 0 saturated carbocycles. The first-order valence-corrected chi connectivity index (χ1v) is 8.05. The lowest BCUT2D eigenvalue weighted by Crippen LogP contribution is -2.52. The van der Waals surface area contributed by atoms with Crippen LogP contribution in [-0.2, 0) is 4.79 Å². The van der Waals surface area contributed by atoms with Crippen LogP contribution in [0.3, 0.4) is 0 Å². The monoisotopic (exact) mass is 265 g/mol. The van der Waals surface area contributed by atoms with Crippen LogP contribution < -0.4 is 5.32 Å². The van der Waals surface area contributed by atoms with Gasteiger partial charge in [0.2, 0.25) is 5.91 Å². The third-order valence-corrected chi connectivity index (χ3v) is 5.17. The summed E-state index contributed by atoms with van der Waals surface area (Å²) in [5.41, 5.74) is 0. The molecule has 4 heteroatoms. The van der Waals surface area contributed by atoms with Crippen molar-refractivity contribution in [1.82, 2.24) is 15.1 Å². The fourth-order valence-electron chi connectivity index (χ4n) is 3.87. The molecule has 4 nitrogen and oxygen atoms in total. The highest BCUT2D eigenvalue weighted by Crippen LogP contribution is 2.23. The molecule has 0 aromatic heterocycles. The molecule has 3 aliphatic rings. The van der Waals surface area contributed by atoms with E-state index in [0.717, 1.165) is 51.5 Å². The van der Waals surface area contributed by atoms with Gasteiger partial charge in [-0.05, 0) is 57.7 Å². The molecule has 0 radical (unpaired) electrons. The van der Waals surface area contributed by atoms with Crippen LogP contribution in [0.4, 0.5) is 0 Å². The third kappa shape index (κ3) is 3.29. The zero-order valence-electron chi connectivity index (χ0n) is 11.9. The lowest BCUT2D eigenvalue weighted by Gasteiger charge is -2.37. The Balaban J connectivity index is 1.42. The van der Waals surface area contributed by atoms with E-state index in [-0.39, 0.29) is 0 Å². The van der Waals surface area contributed by atoms with Gasteiger partial charge in [0, 0.05) is 32.1 Å². The van der Waals surface area contributed by atoms with E-state index in [1.165, 1.54) is 32.2 Å². The Morgan fingerprint density at radius 3 is 2.79 bits per heavy atom. The highest BCUT2D eigenvalue weighted by molar-refractivity contribution is 5.76. The largest absolute Gasteiger partial charge is 0.340 e. The van der Waals surface area contributed by atoms with Gasteiger partial charge in [-0.25, -0.2) is 0 Å². The zero-order valence-corrected chi connectivity index (χ0v) is 11.9. The maximum Gasteiger partial charge on any atom is 0.222 e. The number of hydrogen-bond donors (Lipinski definition) is 1. The van der Waals surface area contributed by atoms with Crippen molar-refractivity contribution in [2.75, 3.05) is 39.3 Å². The van der Waals surface area contributed by atoms with Crippen molar-refractivity contribution in [1.29, 1.82) is 0 Å². The molecule has 3 rings (SSSR count). The molecule has 3 heterocycles. The summed E-state index contributed by atoms with van der Waals surface area (Å²) in [4.78, 5) is 17.0. The Labute approximate surface area is 116 Å². The number of piperazine rings is 1. The van der Waals surface area contributed by atoms with Crippen LogP contribution in [0.25, 0.3) is 0 Å². The van der Waals surface area contributed by atoms with Gasteiger partial charge < -0.3 is 10.2 Å². The van der Waals surface area contributed by atoms with Crippen molar-refractivity contribution in [3.63, 3.8) is 0 Å². The Kier molecular flexibility index (Phi) is 4.38. The van der Waals surface area contributed by atoms with Crippen LogP contribution in [0.5, 0.6) is 0 Å². The van der Waals surface area contributed by atoms with Crippen LogP contribution in [-0.4, -0.2) is 61.0 Å². The summed E-state index contributed by atoms with van der Waals surface area (Å²) in [7, 11) is 0. The van der Waals surface area contributed by atoms with E-state index < -0.39 is 0 Å². The van der Waals surface area contributed by atoms with Crippen LogP contribution in [0.2, 0.25) is 0 Å². The molecule has 0 aromatic rings. The van der Waals surface area contributed by atoms with Gasteiger partial charge in [-0.2, -0.15) is 0 Å². The minimum absolute atomic E-state index is 0.407. The number of hydrogen-bond acceptors (Lipinski definition) is 3. The standard InChI is InChI=1S/C15H27N3O/c19-15(4-3-13-5-7-16-8-6-13)18-11-10-17-9-1-2-14(17)12-18/h13-14,16H,1-12H2. The number of carbonyl (C=O) groups excluding carboxylic acids is 1. The summed E-state index contributed by atoms with van der Waals surface area (Å²) >= 11 is 0. The van der Waals surface area contributed by atoms with Crippen molar-refractivity contribution >= 4 is 5.91 Å². The second-order valence-electron chi connectivity index (χ2n) is 6.40. The molecule has 1 unspecified atom stereocenters. The van der Waals surface area contributed by atoms with E-state index in [1.54, 1.807) is 0 Å². The molecule has 1 N–H and O–H groups in total. The third-order valence-electron chi connectivity index (χ3n) is 5.17. The number of nitrogens with zero attached hydrogens (tertiary/aromatic N) is 2. The predicted octanol–water partition coefficient (Wildman–Crippen LogP) is 1.07. The Morgan fingerprint density at radius 2 is 1.95 bits per heavy atom. The van der Waals surface area contributed by atoms with Gasteiger partial charge in [0.1, 0.15) is 0 Å². The molecular formula is C15H27N3O. The molecule has 0 bridgehead atoms. The van der Waals surface area contributed by atoms with Crippen LogP contribution >= 0.6 is 0 Å². The molecule has 108 valence electrons. The maximum atomic E-state index is 12.3. The number of carbonyl (C=O) groups is 1. The fourth-order valence-corrected chi connectivity index (χ4v) is 3.87. The van der Waals surface area contributed by atoms with Crippen LogP contribution in [0.1, 0.15) is 38.5 Å². The number of piperidine rings is 1. The van der Waals surface area contributed by atoms with E-state index in [1.807, 2.05) is 0 Å². The normalized spacial score (nSPS) is 29.5. The number of nitrogens with one attached hydrogen (secondary N) is 1. The summed E-state index contributed by atoms with van der Waals surface area (Å²) in [6.07, 6.45) is 7.00. The Morgan fingerprint density at radius 1 is 1.11 bits per heavy atom. The van der Waals surface area contributed by atoms with Gasteiger partial charge in [0.15, 0.2) is 0 Å². The minimum atomic E-state index is 0.407. The van der Waals surface area contributed by atoms with Gasteiger partial charge in [-0.1, -0.05) is 0 Å². The van der Waals surface area contributed by atoms with Crippen LogP contribution in [0, 0.1) is 5.92 Å². The summed E-state index contributed by atoms with van der Waals surface area (Å²) in [6, 6.07) is 0.664. The van der Waals surface area contributed by atoms with Crippen molar-refractivity contribution in [3.05, 3.63) is 0 Å². The quantitative estimate of drug-likeness (QED) is 0.829. The molecule has 0 aliphatic carbocycles. The van der Waals surface area contributed by atoms with E-state index in [9.17, 15) is 4.79 Å². The number of fused-ring (bicyclic) bond motifs is 1. The second-order valence-corrected chi connectivity index (χ2v) is 6.40. The van der Waals surface area contributed by atoms with Gasteiger partial charge in [-0.15, -0.1) is 0 Å². The average Bonchev–Trinajstić information content (AvgIpc) is 2.93. The van der Waals surface area contributed by atoms with Gasteiger partial charge in [0.05, 0.1) is 0 Å². The highest BCUT2D eigenvalue weighted by Gasteiger charge is 2.32. The average molecular weight is 265 g/mol. The lowest BCUT2D eigenvalue weighted by atomic mass is 9.93. The van der Waals surface area contributed by atoms with E-state index in [4.69, 9.17) is 0 Å². The summed E-state index contributed by atoms with van der Waals surface area (Å²) in [5, 5.41) is 3.39. The summed E-state index contributed by atoms with van der Waals surface area (Å²) in [5.74, 6) is 1.18. The summed E-state index contributed by atoms with van der Waals surface area (Å²) < 4.78 is 0. The molecular weight excluding hydrogens is 238 g/mol. The van der Waals surface area contributed by atoms with Crippen molar-refractivity contribution < 1.29 is 4.79 Å². The molecule has 0 aromatic carbocycles. The molecule has 3 saturated heterocycles. The van der Waals surface area contributed by atoms with Gasteiger partial charge >= 0.3 is 0 Å². The number of amides is 1. The summed E-state index contributed by atoms with van der Waals surface area (Å²) in [6.45, 7) is 6.58. The topological polar surface area (TPSA) is 35.6 Å². The van der Waals surface area contributed by atoms with Crippen molar-refractivity contribution in [3.8, 4) is 0 Å². The van der Waals surface area contributed by atoms with Gasteiger partial charge in [-0.3, -0.25) is 9.69 Å². The van der Waals surface area contributed by atoms with E-state index >= 15 is 0 Å². The molecule has 3 aliphatic heterocycles. The van der Waals surface area contributed by atoms with Crippen LogP contribution in [0.15, 0.2) is 0 Å². The smallest absolute Gasteiger partial charge is 0.222 e. The first-order valence-electron chi connectivity index (χ1n) is 8.05. The highest BCUT2D eigenvalue weighted by atomic mass is 16.2. The van der Waals surface area contributed by atoms with Crippen molar-refractivity contribution in [2.45, 2.75) is 44.6 Å². The molecule has 1 atom stereocenters. The molecule has 1 amide bonds. The van der Waals surface area contributed by atoms with Gasteiger partial charge in [0.25, 0.3) is 0 Å². The molecule has 3 fully saturated rings. The van der Waals surface area contributed by atoms with E-state index in [0.29, 0.717) is 11.9 Å². The van der Waals surface area contributed by atoms with E-state index in [2.05, 4.69) is 15.1 Å². The number of rotatable bonds is 3. The SMILES string of the molecule is O=C(CCC1CCNCC1)N1CCN2CCCC2C1. The minimum Gasteiger partial charge on any atom is -0.340 e.